The van der Waals surface area contributed by atoms with Gasteiger partial charge in [-0.25, -0.2) is 4.98 Å². The summed E-state index contributed by atoms with van der Waals surface area (Å²) in [5.74, 6) is 0.631. The molecule has 1 aliphatic carbocycles. The third-order valence-electron chi connectivity index (χ3n) is 4.09. The maximum Gasteiger partial charge on any atom is 0.170 e. The second-order valence-electron chi connectivity index (χ2n) is 5.65. The molecule has 0 unspecified atom stereocenters. The summed E-state index contributed by atoms with van der Waals surface area (Å²) in [7, 11) is 1.88. The molecule has 3 rings (SSSR count). The van der Waals surface area contributed by atoms with Crippen molar-refractivity contribution in [3.8, 4) is 0 Å². The van der Waals surface area contributed by atoms with Crippen LogP contribution in [0.2, 0.25) is 0 Å². The number of pyridine rings is 1. The molecule has 0 atom stereocenters. The lowest BCUT2D eigenvalue weighted by Gasteiger charge is -2.28. The maximum atomic E-state index is 11.4. The summed E-state index contributed by atoms with van der Waals surface area (Å²) in [5, 5.41) is 10.5. The Morgan fingerprint density at radius 2 is 2.20 bits per heavy atom. The highest BCUT2D eigenvalue weighted by Gasteiger charge is 2.33. The number of carbonyl (C=O) groups excluding carboxylic acids is 1. The summed E-state index contributed by atoms with van der Waals surface area (Å²) in [6.07, 6.45) is 6.42. The van der Waals surface area contributed by atoms with Crippen LogP contribution in [0.15, 0.2) is 24.4 Å². The van der Waals surface area contributed by atoms with E-state index in [9.17, 15) is 9.90 Å². The maximum absolute atomic E-state index is 11.4. The number of nitrogens with zero attached hydrogens (tertiary/aromatic N) is 3. The van der Waals surface area contributed by atoms with Gasteiger partial charge in [0.2, 0.25) is 0 Å². The number of imidazole rings is 1. The van der Waals surface area contributed by atoms with Crippen LogP contribution in [0.5, 0.6) is 0 Å². The van der Waals surface area contributed by atoms with E-state index in [1.165, 1.54) is 0 Å². The van der Waals surface area contributed by atoms with E-state index in [0.29, 0.717) is 18.1 Å². The normalized spacial score (nSPS) is 17.5. The summed E-state index contributed by atoms with van der Waals surface area (Å²) in [6.45, 7) is 0.512. The van der Waals surface area contributed by atoms with Gasteiger partial charge in [0.1, 0.15) is 11.3 Å². The number of fused-ring (bicyclic) bond motifs is 1. The van der Waals surface area contributed by atoms with Crippen molar-refractivity contribution in [1.82, 2.24) is 9.38 Å². The minimum Gasteiger partial charge on any atom is -0.388 e. The SMILES string of the molecule is CN(CC1(O)CCCC1)c1nc2ccccn2c1C=O. The van der Waals surface area contributed by atoms with Crippen molar-refractivity contribution in [2.45, 2.75) is 31.3 Å². The molecule has 0 saturated heterocycles. The number of aromatic nitrogens is 2. The van der Waals surface area contributed by atoms with Crippen LogP contribution in [0.25, 0.3) is 5.65 Å². The van der Waals surface area contributed by atoms with Gasteiger partial charge in [-0.3, -0.25) is 9.20 Å². The topological polar surface area (TPSA) is 57.8 Å². The standard InChI is InChI=1S/C15H19N3O2/c1-17(11-15(20)7-3-4-8-15)14-12(10-19)18-9-5-2-6-13(18)16-14/h2,5-6,9-10,20H,3-4,7-8,11H2,1H3. The summed E-state index contributed by atoms with van der Waals surface area (Å²) in [4.78, 5) is 17.8. The van der Waals surface area contributed by atoms with Crippen LogP contribution in [-0.2, 0) is 0 Å². The molecule has 1 saturated carbocycles. The molecule has 1 N–H and O–H groups in total. The summed E-state index contributed by atoms with van der Waals surface area (Å²) in [5.41, 5.74) is 0.629. The first-order valence-corrected chi connectivity index (χ1v) is 6.99. The Kier molecular flexibility index (Phi) is 3.22. The van der Waals surface area contributed by atoms with Crippen LogP contribution in [0.1, 0.15) is 36.2 Å². The van der Waals surface area contributed by atoms with Crippen molar-refractivity contribution in [2.24, 2.45) is 0 Å². The molecule has 1 aliphatic rings. The van der Waals surface area contributed by atoms with E-state index in [1.807, 2.05) is 36.3 Å². The van der Waals surface area contributed by atoms with E-state index in [4.69, 9.17) is 0 Å². The fourth-order valence-electron chi connectivity index (χ4n) is 3.10. The van der Waals surface area contributed by atoms with Gasteiger partial charge in [-0.1, -0.05) is 18.9 Å². The lowest BCUT2D eigenvalue weighted by Crippen LogP contribution is -2.39. The van der Waals surface area contributed by atoms with E-state index in [2.05, 4.69) is 4.98 Å². The van der Waals surface area contributed by atoms with Crippen molar-refractivity contribution in [1.29, 1.82) is 0 Å². The van der Waals surface area contributed by atoms with E-state index >= 15 is 0 Å². The van der Waals surface area contributed by atoms with Gasteiger partial charge in [-0.05, 0) is 25.0 Å². The Labute approximate surface area is 117 Å². The van der Waals surface area contributed by atoms with Crippen molar-refractivity contribution in [3.05, 3.63) is 30.1 Å². The predicted octanol–water partition coefficient (Wildman–Crippen LogP) is 1.89. The summed E-state index contributed by atoms with van der Waals surface area (Å²) in [6, 6.07) is 5.63. The molecule has 5 heteroatoms. The van der Waals surface area contributed by atoms with Gasteiger partial charge in [0, 0.05) is 19.8 Å². The molecule has 5 nitrogen and oxygen atoms in total. The van der Waals surface area contributed by atoms with E-state index < -0.39 is 5.60 Å². The number of anilines is 1. The second kappa shape index (κ2) is 4.90. The van der Waals surface area contributed by atoms with E-state index in [1.54, 1.807) is 4.40 Å². The average molecular weight is 273 g/mol. The number of hydrogen-bond acceptors (Lipinski definition) is 4. The van der Waals surface area contributed by atoms with Crippen LogP contribution in [0, 0.1) is 0 Å². The fraction of sp³-hybridized carbons (Fsp3) is 0.467. The van der Waals surface area contributed by atoms with E-state index in [0.717, 1.165) is 37.6 Å². The first-order chi connectivity index (χ1) is 9.63. The first kappa shape index (κ1) is 13.1. The van der Waals surface area contributed by atoms with Crippen LogP contribution >= 0.6 is 0 Å². The molecule has 0 radical (unpaired) electrons. The molecule has 0 amide bonds. The Balaban J connectivity index is 1.94. The van der Waals surface area contributed by atoms with Gasteiger partial charge >= 0.3 is 0 Å². The lowest BCUT2D eigenvalue weighted by molar-refractivity contribution is 0.0557. The molecular weight excluding hydrogens is 254 g/mol. The monoisotopic (exact) mass is 273 g/mol. The molecule has 20 heavy (non-hydrogen) atoms. The van der Waals surface area contributed by atoms with E-state index in [-0.39, 0.29) is 0 Å². The highest BCUT2D eigenvalue weighted by atomic mass is 16.3. The summed E-state index contributed by atoms with van der Waals surface area (Å²) < 4.78 is 1.78. The zero-order valence-corrected chi connectivity index (χ0v) is 11.6. The van der Waals surface area contributed by atoms with Crippen molar-refractivity contribution in [3.63, 3.8) is 0 Å². The fourth-order valence-corrected chi connectivity index (χ4v) is 3.10. The Bertz CT molecular complexity index is 629. The van der Waals surface area contributed by atoms with Gasteiger partial charge in [-0.2, -0.15) is 0 Å². The Morgan fingerprint density at radius 1 is 1.45 bits per heavy atom. The number of likely N-dealkylation sites (N-methyl/N-ethyl adjacent to an activating group) is 1. The highest BCUT2D eigenvalue weighted by Crippen LogP contribution is 2.31. The van der Waals surface area contributed by atoms with Crippen LogP contribution in [0.4, 0.5) is 5.82 Å². The molecule has 0 spiro atoms. The predicted molar refractivity (Wildman–Crippen MR) is 77.3 cm³/mol. The third kappa shape index (κ3) is 2.18. The van der Waals surface area contributed by atoms with Crippen molar-refractivity contribution >= 4 is 17.8 Å². The third-order valence-corrected chi connectivity index (χ3v) is 4.09. The Morgan fingerprint density at radius 3 is 2.90 bits per heavy atom. The van der Waals surface area contributed by atoms with Crippen molar-refractivity contribution in [2.75, 3.05) is 18.5 Å². The largest absolute Gasteiger partial charge is 0.388 e. The van der Waals surface area contributed by atoms with Gasteiger partial charge in [0.25, 0.3) is 0 Å². The van der Waals surface area contributed by atoms with Gasteiger partial charge in [0.15, 0.2) is 12.1 Å². The van der Waals surface area contributed by atoms with Gasteiger partial charge < -0.3 is 10.0 Å². The number of hydrogen-bond donors (Lipinski definition) is 1. The Hall–Kier alpha value is -1.88. The molecule has 0 aliphatic heterocycles. The minimum atomic E-state index is -0.648. The number of aliphatic hydroxyl groups is 1. The van der Waals surface area contributed by atoms with Gasteiger partial charge in [0.05, 0.1) is 5.60 Å². The van der Waals surface area contributed by atoms with Crippen LogP contribution in [0.3, 0.4) is 0 Å². The number of rotatable bonds is 4. The smallest absolute Gasteiger partial charge is 0.170 e. The summed E-state index contributed by atoms with van der Waals surface area (Å²) >= 11 is 0. The molecule has 2 aromatic rings. The molecule has 1 fully saturated rings. The number of aldehydes is 1. The molecule has 0 bridgehead atoms. The highest BCUT2D eigenvalue weighted by molar-refractivity contribution is 5.83. The molecule has 2 aromatic heterocycles. The zero-order valence-electron chi connectivity index (χ0n) is 11.6. The van der Waals surface area contributed by atoms with Crippen molar-refractivity contribution < 1.29 is 9.90 Å². The second-order valence-corrected chi connectivity index (χ2v) is 5.65. The molecular formula is C15H19N3O2. The van der Waals surface area contributed by atoms with Crippen LogP contribution in [-0.4, -0.2) is 40.0 Å². The van der Waals surface area contributed by atoms with Gasteiger partial charge in [-0.15, -0.1) is 0 Å². The first-order valence-electron chi connectivity index (χ1n) is 6.99. The zero-order chi connectivity index (χ0) is 14.2. The lowest BCUT2D eigenvalue weighted by atomic mass is 10.0. The quantitative estimate of drug-likeness (QED) is 0.864. The number of carbonyl (C=O) groups is 1. The molecule has 106 valence electrons. The average Bonchev–Trinajstić information content (AvgIpc) is 3.02. The molecule has 0 aromatic carbocycles. The molecule has 2 heterocycles. The minimum absolute atomic E-state index is 0.512. The van der Waals surface area contributed by atoms with Crippen LogP contribution < -0.4 is 4.90 Å².